The van der Waals surface area contributed by atoms with Crippen molar-refractivity contribution in [2.75, 3.05) is 19.0 Å². The molecule has 0 aliphatic rings. The summed E-state index contributed by atoms with van der Waals surface area (Å²) in [5, 5.41) is 11.7. The number of nitrogens with zero attached hydrogens (tertiary/aromatic N) is 3. The van der Waals surface area contributed by atoms with Gasteiger partial charge < -0.3 is 10.1 Å². The molecule has 0 aliphatic carbocycles. The van der Waals surface area contributed by atoms with E-state index in [1.807, 2.05) is 6.07 Å². The number of hydrogen-bond acceptors (Lipinski definition) is 6. The molecule has 0 aliphatic heterocycles. The first kappa shape index (κ1) is 13.9. The van der Waals surface area contributed by atoms with E-state index >= 15 is 0 Å². The number of hydrogen-bond donors (Lipinski definition) is 1. The van der Waals surface area contributed by atoms with Gasteiger partial charge in [-0.25, -0.2) is 9.97 Å². The van der Waals surface area contributed by atoms with Crippen molar-refractivity contribution in [3.8, 4) is 6.07 Å². The molecule has 96 valence electrons. The number of methoxy groups -OCH3 is 1. The van der Waals surface area contributed by atoms with Gasteiger partial charge in [0, 0.05) is 19.2 Å². The lowest BCUT2D eigenvalue weighted by atomic mass is 10.2. The lowest BCUT2D eigenvalue weighted by Gasteiger charge is -2.04. The van der Waals surface area contributed by atoms with Gasteiger partial charge in [0.05, 0.1) is 7.11 Å². The molecule has 0 bridgehead atoms. The van der Waals surface area contributed by atoms with Gasteiger partial charge in [0.25, 0.3) is 0 Å². The van der Waals surface area contributed by atoms with Crippen LogP contribution < -0.4 is 5.32 Å². The van der Waals surface area contributed by atoms with E-state index in [0.29, 0.717) is 18.1 Å². The van der Waals surface area contributed by atoms with Crippen LogP contribution in [0, 0.1) is 11.3 Å². The van der Waals surface area contributed by atoms with Gasteiger partial charge in [-0.1, -0.05) is 6.42 Å². The van der Waals surface area contributed by atoms with Crippen LogP contribution >= 0.6 is 0 Å². The van der Waals surface area contributed by atoms with Gasteiger partial charge in [-0.3, -0.25) is 4.79 Å². The van der Waals surface area contributed by atoms with Crippen LogP contribution in [0.25, 0.3) is 0 Å². The van der Waals surface area contributed by atoms with E-state index in [-0.39, 0.29) is 5.97 Å². The lowest BCUT2D eigenvalue weighted by Crippen LogP contribution is -2.06. The monoisotopic (exact) mass is 248 g/mol. The van der Waals surface area contributed by atoms with E-state index in [9.17, 15) is 4.79 Å². The van der Waals surface area contributed by atoms with E-state index in [2.05, 4.69) is 20.0 Å². The van der Waals surface area contributed by atoms with Gasteiger partial charge >= 0.3 is 5.97 Å². The van der Waals surface area contributed by atoms with Gasteiger partial charge in [-0.15, -0.1) is 0 Å². The molecule has 18 heavy (non-hydrogen) atoms. The summed E-state index contributed by atoms with van der Waals surface area (Å²) in [6, 6.07) is 3.51. The van der Waals surface area contributed by atoms with Gasteiger partial charge in [-0.2, -0.15) is 5.26 Å². The fourth-order valence-electron chi connectivity index (χ4n) is 1.38. The maximum absolute atomic E-state index is 10.8. The smallest absolute Gasteiger partial charge is 0.305 e. The van der Waals surface area contributed by atoms with Gasteiger partial charge in [0.2, 0.25) is 5.95 Å². The minimum Gasteiger partial charge on any atom is -0.469 e. The van der Waals surface area contributed by atoms with Crippen molar-refractivity contribution >= 4 is 11.9 Å². The third-order valence-corrected chi connectivity index (χ3v) is 2.34. The normalized spacial score (nSPS) is 9.56. The number of aromatic nitrogens is 2. The molecule has 0 atom stereocenters. The van der Waals surface area contributed by atoms with Crippen molar-refractivity contribution in [2.45, 2.75) is 25.7 Å². The Kier molecular flexibility index (Phi) is 6.19. The summed E-state index contributed by atoms with van der Waals surface area (Å²) < 4.78 is 4.55. The molecule has 0 fully saturated rings. The Balaban J connectivity index is 2.14. The maximum Gasteiger partial charge on any atom is 0.305 e. The predicted octanol–water partition coefficient (Wildman–Crippen LogP) is 1.49. The average Bonchev–Trinajstić information content (AvgIpc) is 2.42. The Labute approximate surface area is 106 Å². The summed E-state index contributed by atoms with van der Waals surface area (Å²) in [6.45, 7) is 0.718. The SMILES string of the molecule is COC(=O)CCCCCNc1nccc(C#N)n1. The molecule has 0 saturated heterocycles. The first-order valence-electron chi connectivity index (χ1n) is 5.80. The topological polar surface area (TPSA) is 87.9 Å². The molecule has 1 heterocycles. The number of carbonyl (C=O) groups is 1. The summed E-state index contributed by atoms with van der Waals surface area (Å²) in [4.78, 5) is 18.8. The van der Waals surface area contributed by atoms with Crippen LogP contribution in [-0.4, -0.2) is 29.6 Å². The molecule has 0 aromatic carbocycles. The fourth-order valence-corrected chi connectivity index (χ4v) is 1.38. The van der Waals surface area contributed by atoms with Crippen LogP contribution in [0.2, 0.25) is 0 Å². The van der Waals surface area contributed by atoms with Crippen molar-refractivity contribution in [1.82, 2.24) is 9.97 Å². The average molecular weight is 248 g/mol. The molecule has 0 saturated carbocycles. The van der Waals surface area contributed by atoms with Crippen molar-refractivity contribution in [2.24, 2.45) is 0 Å². The zero-order valence-corrected chi connectivity index (χ0v) is 10.3. The predicted molar refractivity (Wildman–Crippen MR) is 65.7 cm³/mol. The van der Waals surface area contributed by atoms with E-state index in [1.165, 1.54) is 7.11 Å². The molecule has 1 rings (SSSR count). The standard InChI is InChI=1S/C12H16N4O2/c1-18-11(17)5-3-2-4-7-14-12-15-8-6-10(9-13)16-12/h6,8H,2-5,7H2,1H3,(H,14,15,16). The first-order chi connectivity index (χ1) is 8.76. The fraction of sp³-hybridized carbons (Fsp3) is 0.500. The Bertz CT molecular complexity index is 428. The zero-order chi connectivity index (χ0) is 13.2. The number of carbonyl (C=O) groups excluding carboxylic acids is 1. The van der Waals surface area contributed by atoms with Gasteiger partial charge in [0.1, 0.15) is 11.8 Å². The van der Waals surface area contributed by atoms with Crippen molar-refractivity contribution in [1.29, 1.82) is 5.26 Å². The second kappa shape index (κ2) is 8.01. The number of nitriles is 1. The summed E-state index contributed by atoms with van der Waals surface area (Å²) in [5.74, 6) is 0.287. The number of nitrogens with one attached hydrogen (secondary N) is 1. The number of rotatable bonds is 7. The van der Waals surface area contributed by atoms with Crippen LogP contribution in [0.3, 0.4) is 0 Å². The Morgan fingerprint density at radius 3 is 3.06 bits per heavy atom. The second-order valence-corrected chi connectivity index (χ2v) is 3.69. The minimum absolute atomic E-state index is 0.173. The Morgan fingerprint density at radius 2 is 2.33 bits per heavy atom. The molecule has 0 amide bonds. The van der Waals surface area contributed by atoms with Crippen molar-refractivity contribution < 1.29 is 9.53 Å². The van der Waals surface area contributed by atoms with E-state index in [0.717, 1.165) is 25.8 Å². The maximum atomic E-state index is 10.8. The molecule has 6 nitrogen and oxygen atoms in total. The number of ether oxygens (including phenoxy) is 1. The van der Waals surface area contributed by atoms with Gasteiger partial charge in [0.15, 0.2) is 0 Å². The summed E-state index contributed by atoms with van der Waals surface area (Å²) in [6.07, 6.45) is 4.66. The Hall–Kier alpha value is -2.16. The minimum atomic E-state index is -0.173. The lowest BCUT2D eigenvalue weighted by molar-refractivity contribution is -0.140. The highest BCUT2D eigenvalue weighted by atomic mass is 16.5. The second-order valence-electron chi connectivity index (χ2n) is 3.69. The highest BCUT2D eigenvalue weighted by Crippen LogP contribution is 2.03. The van der Waals surface area contributed by atoms with E-state index in [1.54, 1.807) is 12.3 Å². The van der Waals surface area contributed by atoms with E-state index in [4.69, 9.17) is 5.26 Å². The summed E-state index contributed by atoms with van der Waals surface area (Å²) >= 11 is 0. The van der Waals surface area contributed by atoms with E-state index < -0.39 is 0 Å². The first-order valence-corrected chi connectivity index (χ1v) is 5.80. The van der Waals surface area contributed by atoms with Crippen LogP contribution in [-0.2, 0) is 9.53 Å². The highest BCUT2D eigenvalue weighted by molar-refractivity contribution is 5.68. The molecule has 1 aromatic heterocycles. The third kappa shape index (κ3) is 5.25. The molecule has 0 spiro atoms. The molecule has 1 aromatic rings. The quantitative estimate of drug-likeness (QED) is 0.581. The number of unbranched alkanes of at least 4 members (excludes halogenated alkanes) is 2. The van der Waals surface area contributed by atoms with Crippen LogP contribution in [0.5, 0.6) is 0 Å². The zero-order valence-electron chi connectivity index (χ0n) is 10.3. The third-order valence-electron chi connectivity index (χ3n) is 2.34. The number of esters is 1. The highest BCUT2D eigenvalue weighted by Gasteiger charge is 2.00. The van der Waals surface area contributed by atoms with Gasteiger partial charge in [-0.05, 0) is 18.9 Å². The van der Waals surface area contributed by atoms with Crippen LogP contribution in [0.15, 0.2) is 12.3 Å². The molecule has 1 N–H and O–H groups in total. The van der Waals surface area contributed by atoms with Crippen LogP contribution in [0.1, 0.15) is 31.4 Å². The number of anilines is 1. The largest absolute Gasteiger partial charge is 0.469 e. The van der Waals surface area contributed by atoms with Crippen LogP contribution in [0.4, 0.5) is 5.95 Å². The molecular formula is C12H16N4O2. The van der Waals surface area contributed by atoms with Crippen molar-refractivity contribution in [3.05, 3.63) is 18.0 Å². The molecular weight excluding hydrogens is 232 g/mol. The van der Waals surface area contributed by atoms with Crippen molar-refractivity contribution in [3.63, 3.8) is 0 Å². The summed E-state index contributed by atoms with van der Waals surface area (Å²) in [7, 11) is 1.39. The molecule has 0 unspecified atom stereocenters. The summed E-state index contributed by atoms with van der Waals surface area (Å²) in [5.41, 5.74) is 0.346. The molecule has 6 heteroatoms. The molecule has 0 radical (unpaired) electrons. The Morgan fingerprint density at radius 1 is 1.50 bits per heavy atom.